The molecule has 0 saturated carbocycles. The number of non-ortho nitro benzene ring substituents is 1. The van der Waals surface area contributed by atoms with Gasteiger partial charge in [0.05, 0.1) is 17.2 Å². The smallest absolute Gasteiger partial charge is 0.269 e. The van der Waals surface area contributed by atoms with Gasteiger partial charge in [0.2, 0.25) is 5.91 Å². The van der Waals surface area contributed by atoms with Gasteiger partial charge in [-0.25, -0.2) is 0 Å². The number of carbonyl (C=O) groups excluding carboxylic acids is 1. The largest absolute Gasteiger partial charge is 0.368 e. The predicted molar refractivity (Wildman–Crippen MR) is 149 cm³/mol. The van der Waals surface area contributed by atoms with Crippen LogP contribution in [0.15, 0.2) is 84.0 Å². The Labute approximate surface area is 229 Å². The Kier molecular flexibility index (Phi) is 7.90. The molecule has 1 saturated heterocycles. The van der Waals surface area contributed by atoms with Crippen LogP contribution in [-0.2, 0) is 11.3 Å². The monoisotopic (exact) mass is 548 g/mol. The van der Waals surface area contributed by atoms with Crippen molar-refractivity contribution in [2.24, 2.45) is 0 Å². The predicted octanol–water partition coefficient (Wildman–Crippen LogP) is 5.00. The van der Waals surface area contributed by atoms with Gasteiger partial charge in [0.1, 0.15) is 0 Å². The van der Waals surface area contributed by atoms with Gasteiger partial charge in [-0.1, -0.05) is 59.8 Å². The number of thioether (sulfide) groups is 1. The van der Waals surface area contributed by atoms with Crippen LogP contribution < -0.4 is 4.90 Å². The summed E-state index contributed by atoms with van der Waals surface area (Å²) in [6.07, 6.45) is 0. The lowest BCUT2D eigenvalue weighted by molar-refractivity contribution is -0.384. The minimum absolute atomic E-state index is 0.0125. The van der Waals surface area contributed by atoms with Crippen LogP contribution in [0.4, 0.5) is 11.4 Å². The maximum atomic E-state index is 13.1. The van der Waals surface area contributed by atoms with Gasteiger partial charge in [-0.15, -0.1) is 10.2 Å². The molecule has 0 N–H and O–H groups in total. The van der Waals surface area contributed by atoms with Crippen molar-refractivity contribution in [1.82, 2.24) is 19.7 Å². The number of hydrogen-bond acceptors (Lipinski definition) is 7. The van der Waals surface area contributed by atoms with Gasteiger partial charge >= 0.3 is 0 Å². The van der Waals surface area contributed by atoms with E-state index in [9.17, 15) is 14.9 Å². The van der Waals surface area contributed by atoms with Crippen LogP contribution in [0.1, 0.15) is 5.56 Å². The Balaban J connectivity index is 1.28. The highest BCUT2D eigenvalue weighted by atomic mass is 35.5. The average Bonchev–Trinajstić information content (AvgIpc) is 3.34. The summed E-state index contributed by atoms with van der Waals surface area (Å²) in [5.41, 5.74) is 2.85. The minimum Gasteiger partial charge on any atom is -0.368 e. The Morgan fingerprint density at radius 3 is 2.37 bits per heavy atom. The third-order valence-electron chi connectivity index (χ3n) is 6.37. The molecule has 1 aliphatic heterocycles. The number of nitrogens with zero attached hydrogens (tertiary/aromatic N) is 6. The summed E-state index contributed by atoms with van der Waals surface area (Å²) in [4.78, 5) is 27.8. The highest BCUT2D eigenvalue weighted by Crippen LogP contribution is 2.27. The molecule has 5 rings (SSSR count). The average molecular weight is 549 g/mol. The van der Waals surface area contributed by atoms with E-state index in [-0.39, 0.29) is 17.3 Å². The Morgan fingerprint density at radius 1 is 0.947 bits per heavy atom. The zero-order chi connectivity index (χ0) is 26.5. The number of piperazine rings is 1. The fourth-order valence-corrected chi connectivity index (χ4v) is 5.38. The number of anilines is 1. The zero-order valence-electron chi connectivity index (χ0n) is 20.4. The van der Waals surface area contributed by atoms with Gasteiger partial charge in [0.25, 0.3) is 5.69 Å². The summed E-state index contributed by atoms with van der Waals surface area (Å²) in [5, 5.41) is 21.1. The molecule has 1 aliphatic rings. The van der Waals surface area contributed by atoms with Crippen LogP contribution in [-0.4, -0.2) is 62.4 Å². The topological polar surface area (TPSA) is 97.4 Å². The van der Waals surface area contributed by atoms with E-state index >= 15 is 0 Å². The summed E-state index contributed by atoms with van der Waals surface area (Å²) in [6, 6.07) is 23.9. The quantitative estimate of drug-likeness (QED) is 0.174. The molecular formula is C27H25ClN6O3S. The van der Waals surface area contributed by atoms with Crippen molar-refractivity contribution in [2.45, 2.75) is 11.7 Å². The van der Waals surface area contributed by atoms with Crippen LogP contribution in [0.3, 0.4) is 0 Å². The zero-order valence-corrected chi connectivity index (χ0v) is 22.0. The summed E-state index contributed by atoms with van der Waals surface area (Å²) >= 11 is 7.48. The standard InChI is InChI=1S/C27H25ClN6O3S/c28-22-7-4-8-24(17-22)31-13-15-32(16-14-31)25(35)19-38-27-30-29-26(21-9-11-23(12-10-21)34(36)37)33(27)18-20-5-2-1-3-6-20/h1-12,17H,13-16,18-19H2. The molecule has 1 amide bonds. The molecule has 0 unspecified atom stereocenters. The molecule has 3 aromatic carbocycles. The molecule has 0 radical (unpaired) electrons. The fraction of sp³-hybridized carbons (Fsp3) is 0.222. The molecular weight excluding hydrogens is 524 g/mol. The van der Waals surface area contributed by atoms with Crippen LogP contribution in [0.5, 0.6) is 0 Å². The molecule has 0 bridgehead atoms. The highest BCUT2D eigenvalue weighted by molar-refractivity contribution is 7.99. The van der Waals surface area contributed by atoms with Crippen LogP contribution in [0.25, 0.3) is 11.4 Å². The SMILES string of the molecule is O=C(CSc1nnc(-c2ccc([N+](=O)[O-])cc2)n1Cc1ccccc1)N1CCN(c2cccc(Cl)c2)CC1. The second-order valence-corrected chi connectivity index (χ2v) is 10.2. The first kappa shape index (κ1) is 25.7. The Hall–Kier alpha value is -3.89. The van der Waals surface area contributed by atoms with Gasteiger partial charge < -0.3 is 9.80 Å². The highest BCUT2D eigenvalue weighted by Gasteiger charge is 2.23. The molecule has 0 spiro atoms. The van der Waals surface area contributed by atoms with Crippen molar-refractivity contribution >= 4 is 40.6 Å². The normalized spacial score (nSPS) is 13.5. The molecule has 194 valence electrons. The first-order chi connectivity index (χ1) is 18.5. The number of amides is 1. The van der Waals surface area contributed by atoms with Gasteiger partial charge in [0.15, 0.2) is 11.0 Å². The Bertz CT molecular complexity index is 1420. The lowest BCUT2D eigenvalue weighted by Gasteiger charge is -2.36. The first-order valence-corrected chi connectivity index (χ1v) is 13.5. The van der Waals surface area contributed by atoms with E-state index < -0.39 is 4.92 Å². The number of hydrogen-bond donors (Lipinski definition) is 0. The maximum absolute atomic E-state index is 13.1. The Morgan fingerprint density at radius 2 is 1.68 bits per heavy atom. The van der Waals surface area contributed by atoms with Gasteiger partial charge in [0, 0.05) is 54.6 Å². The molecule has 2 heterocycles. The van der Waals surface area contributed by atoms with E-state index in [4.69, 9.17) is 11.6 Å². The molecule has 1 fully saturated rings. The molecule has 4 aromatic rings. The number of nitro benzene ring substituents is 1. The molecule has 0 aliphatic carbocycles. The summed E-state index contributed by atoms with van der Waals surface area (Å²) in [6.45, 7) is 3.26. The van der Waals surface area contributed by atoms with E-state index in [2.05, 4.69) is 15.1 Å². The fourth-order valence-electron chi connectivity index (χ4n) is 4.35. The van der Waals surface area contributed by atoms with Crippen LogP contribution in [0.2, 0.25) is 5.02 Å². The summed E-state index contributed by atoms with van der Waals surface area (Å²) in [5.74, 6) is 0.880. The molecule has 38 heavy (non-hydrogen) atoms. The third kappa shape index (κ3) is 5.98. The first-order valence-electron chi connectivity index (χ1n) is 12.1. The van der Waals surface area contributed by atoms with E-state index in [1.807, 2.05) is 64.1 Å². The van der Waals surface area contributed by atoms with Crippen molar-refractivity contribution in [3.63, 3.8) is 0 Å². The number of nitro groups is 1. The van der Waals surface area contributed by atoms with Gasteiger partial charge in [-0.3, -0.25) is 19.5 Å². The van der Waals surface area contributed by atoms with Crippen molar-refractivity contribution in [2.75, 3.05) is 36.8 Å². The second-order valence-electron chi connectivity index (χ2n) is 8.82. The lowest BCUT2D eigenvalue weighted by atomic mass is 10.2. The maximum Gasteiger partial charge on any atom is 0.269 e. The molecule has 0 atom stereocenters. The van der Waals surface area contributed by atoms with Crippen LogP contribution in [0, 0.1) is 10.1 Å². The van der Waals surface area contributed by atoms with Crippen LogP contribution >= 0.6 is 23.4 Å². The van der Waals surface area contributed by atoms with Crippen molar-refractivity contribution in [3.8, 4) is 11.4 Å². The minimum atomic E-state index is -0.430. The van der Waals surface area contributed by atoms with E-state index in [0.29, 0.717) is 41.2 Å². The molecule has 9 nitrogen and oxygen atoms in total. The number of benzene rings is 3. The van der Waals surface area contributed by atoms with Crippen molar-refractivity contribution in [1.29, 1.82) is 0 Å². The summed E-state index contributed by atoms with van der Waals surface area (Å²) in [7, 11) is 0. The second kappa shape index (κ2) is 11.7. The van der Waals surface area contributed by atoms with E-state index in [1.54, 1.807) is 12.1 Å². The number of rotatable bonds is 8. The lowest BCUT2D eigenvalue weighted by Crippen LogP contribution is -2.49. The van der Waals surface area contributed by atoms with E-state index in [1.165, 1.54) is 23.9 Å². The van der Waals surface area contributed by atoms with Gasteiger partial charge in [-0.05, 0) is 35.9 Å². The van der Waals surface area contributed by atoms with Crippen molar-refractivity contribution in [3.05, 3.63) is 99.6 Å². The third-order valence-corrected chi connectivity index (χ3v) is 7.55. The number of halogens is 1. The van der Waals surface area contributed by atoms with Gasteiger partial charge in [-0.2, -0.15) is 0 Å². The van der Waals surface area contributed by atoms with Crippen molar-refractivity contribution < 1.29 is 9.72 Å². The number of aromatic nitrogens is 3. The number of carbonyl (C=O) groups is 1. The molecule has 1 aromatic heterocycles. The van der Waals surface area contributed by atoms with E-state index in [0.717, 1.165) is 24.3 Å². The molecule has 11 heteroatoms. The summed E-state index contributed by atoms with van der Waals surface area (Å²) < 4.78 is 1.95.